The number of aryl methyl sites for hydroxylation is 1. The summed E-state index contributed by atoms with van der Waals surface area (Å²) in [6.45, 7) is 8.55. The van der Waals surface area contributed by atoms with Gasteiger partial charge in [0.25, 0.3) is 11.8 Å². The van der Waals surface area contributed by atoms with Gasteiger partial charge in [-0.1, -0.05) is 83.1 Å². The number of carbonyl (C=O) groups excluding carboxylic acids is 6. The quantitative estimate of drug-likeness (QED) is 0.0288. The number of primary amides is 1. The Bertz CT molecular complexity index is 2760. The first kappa shape index (κ1) is 60.8. The molecule has 5 atom stereocenters. The number of Topliss-reactive ketones (excluding diaryl/α,β-unsaturated/α-hetero) is 1. The zero-order valence-electron chi connectivity index (χ0n) is 45.5. The summed E-state index contributed by atoms with van der Waals surface area (Å²) in [5.74, 6) is -3.25. The van der Waals surface area contributed by atoms with E-state index >= 15 is 0 Å². The SMILES string of the molecule is CCC(C)(C)C(=O)C(=O)N1CCCC[C@H]1C(=O)O[C@H](CCc1ccc(OC)c(OC)c1)c1cccc(OCC(=O)N[C@@H](CC(N)=O)C(=O)N[C@@H](Cc2ccccc2)[C@@H](CN(CC(C)C)S(=O)(=O)c2ccc(N)cc2)OC)c1. The van der Waals surface area contributed by atoms with Crippen LogP contribution >= 0.6 is 0 Å². The predicted octanol–water partition coefficient (Wildman–Crippen LogP) is 5.72. The summed E-state index contributed by atoms with van der Waals surface area (Å²) in [6.07, 6.45) is 0.457. The van der Waals surface area contributed by atoms with Crippen molar-refractivity contribution in [3.05, 3.63) is 114 Å². The van der Waals surface area contributed by atoms with Crippen LogP contribution in [0.4, 0.5) is 5.69 Å². The van der Waals surface area contributed by atoms with Gasteiger partial charge in [-0.2, -0.15) is 4.31 Å². The maximum atomic E-state index is 14.3. The number of rotatable bonds is 29. The number of nitrogen functional groups attached to an aromatic ring is 1. The standard InChI is InChI=1S/C57H76N6O13S/c1-9-57(4,5)53(66)55(68)63-29-14-13-20-46(63)56(69)76-47(27-21-39-22-28-48(72-6)49(31-39)73-7)40-18-15-19-42(32-40)75-36-52(65)60-45(33-51(59)64)54(67)61-44(30-38-16-11-10-12-17-38)50(74-8)35-62(34-37(2)3)77(70,71)43-25-23-41(58)24-26-43/h10-12,15-19,22-26,28,31-32,37,44-47,50H,9,13-14,20-21,27,29-30,33-36,58H2,1-8H3,(H2,59,64)(H,60,65)(H,61,67)/t44-,45-,46-,47+,50+/m0/s1. The molecule has 418 valence electrons. The highest BCUT2D eigenvalue weighted by Crippen LogP contribution is 2.33. The minimum Gasteiger partial charge on any atom is -0.493 e. The number of likely N-dealkylation sites (tertiary alicyclic amines) is 1. The van der Waals surface area contributed by atoms with Crippen molar-refractivity contribution in [3.8, 4) is 17.2 Å². The Hall–Kier alpha value is -7.03. The maximum absolute atomic E-state index is 14.3. The van der Waals surface area contributed by atoms with Crippen molar-refractivity contribution in [3.63, 3.8) is 0 Å². The average Bonchev–Trinajstić information content (AvgIpc) is 3.42. The summed E-state index contributed by atoms with van der Waals surface area (Å²) in [6, 6.07) is 23.7. The first-order chi connectivity index (χ1) is 36.6. The summed E-state index contributed by atoms with van der Waals surface area (Å²) < 4.78 is 58.6. The highest BCUT2D eigenvalue weighted by Gasteiger charge is 2.41. The van der Waals surface area contributed by atoms with E-state index in [1.165, 1.54) is 54.8 Å². The van der Waals surface area contributed by atoms with E-state index in [9.17, 15) is 37.2 Å². The van der Waals surface area contributed by atoms with Gasteiger partial charge in [0, 0.05) is 37.8 Å². The summed E-state index contributed by atoms with van der Waals surface area (Å²) >= 11 is 0. The number of ketones is 1. The van der Waals surface area contributed by atoms with Crippen LogP contribution in [0.25, 0.3) is 0 Å². The number of benzene rings is 4. The summed E-state index contributed by atoms with van der Waals surface area (Å²) in [4.78, 5) is 83.0. The third kappa shape index (κ3) is 17.2. The number of carbonyl (C=O) groups is 6. The van der Waals surface area contributed by atoms with E-state index in [0.717, 1.165) is 11.1 Å². The number of amides is 4. The molecule has 1 aliphatic heterocycles. The fourth-order valence-corrected chi connectivity index (χ4v) is 10.5. The van der Waals surface area contributed by atoms with E-state index in [4.69, 9.17) is 35.2 Å². The largest absolute Gasteiger partial charge is 0.493 e. The lowest BCUT2D eigenvalue weighted by Crippen LogP contribution is -2.57. The Morgan fingerprint density at radius 2 is 1.53 bits per heavy atom. The van der Waals surface area contributed by atoms with Crippen molar-refractivity contribution in [1.29, 1.82) is 0 Å². The number of ether oxygens (including phenoxy) is 5. The zero-order chi connectivity index (χ0) is 56.5. The highest BCUT2D eigenvalue weighted by molar-refractivity contribution is 7.89. The zero-order valence-corrected chi connectivity index (χ0v) is 46.3. The number of sulfonamides is 1. The number of anilines is 1. The molecule has 77 heavy (non-hydrogen) atoms. The number of hydrogen-bond donors (Lipinski definition) is 4. The highest BCUT2D eigenvalue weighted by atomic mass is 32.2. The molecular formula is C57H76N6O13S. The minimum absolute atomic E-state index is 0.0281. The van der Waals surface area contributed by atoms with E-state index in [-0.39, 0.29) is 49.0 Å². The van der Waals surface area contributed by atoms with Crippen molar-refractivity contribution in [2.45, 2.75) is 121 Å². The Morgan fingerprint density at radius 1 is 0.831 bits per heavy atom. The Morgan fingerprint density at radius 3 is 2.17 bits per heavy atom. The van der Waals surface area contributed by atoms with Gasteiger partial charge in [0.1, 0.15) is 23.9 Å². The van der Waals surface area contributed by atoms with Gasteiger partial charge in [-0.05, 0) is 116 Å². The molecule has 0 spiro atoms. The number of nitrogens with zero attached hydrogens (tertiary/aromatic N) is 2. The lowest BCUT2D eigenvalue weighted by molar-refractivity contribution is -0.164. The van der Waals surface area contributed by atoms with Crippen LogP contribution in [-0.4, -0.2) is 125 Å². The van der Waals surface area contributed by atoms with Crippen molar-refractivity contribution in [1.82, 2.24) is 19.8 Å². The molecule has 0 radical (unpaired) electrons. The molecule has 1 fully saturated rings. The second kappa shape index (κ2) is 28.4. The lowest BCUT2D eigenvalue weighted by Gasteiger charge is -2.36. The van der Waals surface area contributed by atoms with Crippen molar-refractivity contribution < 1.29 is 60.9 Å². The molecule has 5 rings (SSSR count). The number of nitrogens with two attached hydrogens (primary N) is 2. The molecule has 0 saturated carbocycles. The lowest BCUT2D eigenvalue weighted by atomic mass is 9.84. The summed E-state index contributed by atoms with van der Waals surface area (Å²) in [7, 11) is 0.388. The normalized spacial score (nSPS) is 15.4. The second-order valence-corrected chi connectivity index (χ2v) is 22.2. The molecule has 1 saturated heterocycles. The Balaban J connectivity index is 1.36. The Kier molecular flexibility index (Phi) is 22.4. The van der Waals surface area contributed by atoms with Crippen molar-refractivity contribution >= 4 is 51.1 Å². The van der Waals surface area contributed by atoms with Gasteiger partial charge in [0.05, 0.1) is 37.7 Å². The van der Waals surface area contributed by atoms with Crippen molar-refractivity contribution in [2.75, 3.05) is 53.3 Å². The molecule has 19 nitrogen and oxygen atoms in total. The molecule has 4 aromatic carbocycles. The molecule has 0 bridgehead atoms. The Labute approximate surface area is 452 Å². The third-order valence-electron chi connectivity index (χ3n) is 13.6. The number of piperidine rings is 1. The van der Waals surface area contributed by atoms with Crippen LogP contribution in [0.2, 0.25) is 0 Å². The molecule has 4 aromatic rings. The van der Waals surface area contributed by atoms with Gasteiger partial charge in [-0.25, -0.2) is 13.2 Å². The smallest absolute Gasteiger partial charge is 0.329 e. The molecule has 6 N–H and O–H groups in total. The number of nitrogens with one attached hydrogen (secondary N) is 2. The first-order valence-electron chi connectivity index (χ1n) is 25.9. The molecule has 0 aliphatic carbocycles. The van der Waals surface area contributed by atoms with Crippen LogP contribution in [0.5, 0.6) is 17.2 Å². The number of hydrogen-bond acceptors (Lipinski definition) is 14. The fraction of sp³-hybridized carbons (Fsp3) is 0.474. The molecular weight excluding hydrogens is 1010 g/mol. The number of methoxy groups -OCH3 is 3. The topological polar surface area (TPSA) is 265 Å². The summed E-state index contributed by atoms with van der Waals surface area (Å²) in [5, 5.41) is 5.49. The van der Waals surface area contributed by atoms with E-state index in [1.54, 1.807) is 44.2 Å². The predicted molar refractivity (Wildman–Crippen MR) is 290 cm³/mol. The molecule has 1 aliphatic rings. The van der Waals surface area contributed by atoms with E-state index in [0.29, 0.717) is 54.9 Å². The van der Waals surface area contributed by atoms with E-state index < -0.39 is 94.2 Å². The molecule has 0 unspecified atom stereocenters. The van der Waals surface area contributed by atoms with Crippen LogP contribution in [0.1, 0.15) is 95.9 Å². The summed E-state index contributed by atoms with van der Waals surface area (Å²) in [5.41, 5.74) is 13.1. The maximum Gasteiger partial charge on any atom is 0.329 e. The van der Waals surface area contributed by atoms with Gasteiger partial charge in [-0.3, -0.25) is 24.0 Å². The van der Waals surface area contributed by atoms with Gasteiger partial charge < -0.3 is 50.7 Å². The molecule has 1 heterocycles. The van der Waals surface area contributed by atoms with Crippen LogP contribution in [0, 0.1) is 11.3 Å². The third-order valence-corrected chi connectivity index (χ3v) is 15.5. The van der Waals surface area contributed by atoms with Gasteiger partial charge in [0.15, 0.2) is 18.1 Å². The van der Waals surface area contributed by atoms with Gasteiger partial charge in [-0.15, -0.1) is 0 Å². The first-order valence-corrected chi connectivity index (χ1v) is 27.3. The minimum atomic E-state index is -4.08. The van der Waals surface area contributed by atoms with Crippen LogP contribution < -0.4 is 36.3 Å². The molecule has 0 aromatic heterocycles. The monoisotopic (exact) mass is 1080 g/mol. The average molecular weight is 1090 g/mol. The van der Waals surface area contributed by atoms with Gasteiger partial charge >= 0.3 is 5.97 Å². The van der Waals surface area contributed by atoms with Crippen LogP contribution in [0.3, 0.4) is 0 Å². The van der Waals surface area contributed by atoms with Crippen LogP contribution in [-0.2, 0) is 61.1 Å². The van der Waals surface area contributed by atoms with E-state index in [1.807, 2.05) is 63.2 Å². The second-order valence-electron chi connectivity index (χ2n) is 20.2. The molecule has 4 amide bonds. The van der Waals surface area contributed by atoms with Crippen molar-refractivity contribution in [2.24, 2.45) is 17.1 Å². The number of esters is 1. The van der Waals surface area contributed by atoms with Crippen LogP contribution in [0.15, 0.2) is 102 Å². The van der Waals surface area contributed by atoms with E-state index in [2.05, 4.69) is 10.6 Å². The fourth-order valence-electron chi connectivity index (χ4n) is 8.91. The molecule has 20 heteroatoms. The van der Waals surface area contributed by atoms with Gasteiger partial charge in [0.2, 0.25) is 27.6 Å².